The molecule has 0 aliphatic heterocycles. The summed E-state index contributed by atoms with van der Waals surface area (Å²) in [5.74, 6) is 0.296. The molecule has 2 aromatic rings. The first-order valence-electron chi connectivity index (χ1n) is 13.5. The Balaban J connectivity index is 1.61. The van der Waals surface area contributed by atoms with Crippen molar-refractivity contribution >= 4 is 16.7 Å². The molecule has 4 N–H and O–H groups in total. The maximum atomic E-state index is 12.7. The Labute approximate surface area is 206 Å². The van der Waals surface area contributed by atoms with Crippen molar-refractivity contribution < 1.29 is 14.6 Å². The van der Waals surface area contributed by atoms with Crippen LogP contribution in [0, 0.1) is 0 Å². The van der Waals surface area contributed by atoms with Gasteiger partial charge >= 0.3 is 0 Å². The number of aromatic hydroxyl groups is 1. The second-order valence-electron chi connectivity index (χ2n) is 9.31. The normalized spacial score (nSPS) is 11.1. The lowest BCUT2D eigenvalue weighted by molar-refractivity contribution is 0.0950. The van der Waals surface area contributed by atoms with E-state index in [4.69, 9.17) is 10.5 Å². The Morgan fingerprint density at radius 3 is 1.94 bits per heavy atom. The fourth-order valence-electron chi connectivity index (χ4n) is 4.40. The standard InChI is InChI=1S/C29H46N2O3/c1-2-3-4-5-6-7-8-9-10-11-12-13-14-17-21-31-29(33)26-23-27(34-22-20-30)24-18-15-16-19-25(24)28(26)32/h15-16,18-19,23,32H,2-14,17,20-22,30H2,1H3,(H,31,33). The van der Waals surface area contributed by atoms with E-state index < -0.39 is 0 Å². The molecule has 5 heteroatoms. The van der Waals surface area contributed by atoms with Gasteiger partial charge in [0.05, 0.1) is 5.56 Å². The molecule has 0 aromatic heterocycles. The number of carbonyl (C=O) groups is 1. The molecule has 0 bridgehead atoms. The maximum Gasteiger partial charge on any atom is 0.255 e. The Kier molecular flexibility index (Phi) is 14.2. The van der Waals surface area contributed by atoms with E-state index in [1.165, 1.54) is 77.0 Å². The average molecular weight is 471 g/mol. The van der Waals surface area contributed by atoms with E-state index in [1.807, 2.05) is 18.2 Å². The molecule has 5 nitrogen and oxygen atoms in total. The zero-order valence-corrected chi connectivity index (χ0v) is 21.2. The highest BCUT2D eigenvalue weighted by Gasteiger charge is 2.17. The second-order valence-corrected chi connectivity index (χ2v) is 9.31. The molecule has 0 aliphatic carbocycles. The van der Waals surface area contributed by atoms with Crippen LogP contribution < -0.4 is 15.8 Å². The molecule has 190 valence electrons. The molecule has 1 amide bonds. The van der Waals surface area contributed by atoms with Gasteiger partial charge in [-0.15, -0.1) is 0 Å². The van der Waals surface area contributed by atoms with Crippen LogP contribution in [0.3, 0.4) is 0 Å². The van der Waals surface area contributed by atoms with Crippen LogP contribution in [0.2, 0.25) is 0 Å². The summed E-state index contributed by atoms with van der Waals surface area (Å²) in [5, 5.41) is 15.0. The summed E-state index contributed by atoms with van der Waals surface area (Å²) in [6.07, 6.45) is 18.3. The van der Waals surface area contributed by atoms with E-state index in [0.29, 0.717) is 30.8 Å². The van der Waals surface area contributed by atoms with E-state index >= 15 is 0 Å². The van der Waals surface area contributed by atoms with Crippen LogP contribution >= 0.6 is 0 Å². The van der Waals surface area contributed by atoms with Crippen molar-refractivity contribution in [2.75, 3.05) is 19.7 Å². The van der Waals surface area contributed by atoms with Gasteiger partial charge in [0.15, 0.2) is 0 Å². The van der Waals surface area contributed by atoms with Crippen molar-refractivity contribution in [1.82, 2.24) is 5.32 Å². The van der Waals surface area contributed by atoms with Crippen molar-refractivity contribution in [1.29, 1.82) is 0 Å². The first kappa shape index (κ1) is 28.0. The molecule has 2 rings (SSSR count). The van der Waals surface area contributed by atoms with Crippen LogP contribution in [-0.4, -0.2) is 30.7 Å². The predicted octanol–water partition coefficient (Wildman–Crippen LogP) is 7.09. The molecule has 0 spiro atoms. The molecule has 0 saturated carbocycles. The topological polar surface area (TPSA) is 84.6 Å². The Bertz CT molecular complexity index is 837. The number of hydrogen-bond donors (Lipinski definition) is 3. The zero-order valence-electron chi connectivity index (χ0n) is 21.2. The third kappa shape index (κ3) is 9.92. The summed E-state index contributed by atoms with van der Waals surface area (Å²) in [6, 6.07) is 9.01. The summed E-state index contributed by atoms with van der Waals surface area (Å²) in [7, 11) is 0. The monoisotopic (exact) mass is 470 g/mol. The van der Waals surface area contributed by atoms with Crippen molar-refractivity contribution in [2.24, 2.45) is 5.73 Å². The van der Waals surface area contributed by atoms with E-state index in [-0.39, 0.29) is 17.2 Å². The highest BCUT2D eigenvalue weighted by molar-refractivity contribution is 6.05. The number of nitrogens with one attached hydrogen (secondary N) is 1. The van der Waals surface area contributed by atoms with Crippen molar-refractivity contribution in [2.45, 2.75) is 96.8 Å². The molecule has 0 atom stereocenters. The minimum atomic E-state index is -0.268. The summed E-state index contributed by atoms with van der Waals surface area (Å²) in [6.45, 7) is 3.62. The van der Waals surface area contributed by atoms with Crippen LogP contribution in [0.25, 0.3) is 10.8 Å². The molecular weight excluding hydrogens is 424 g/mol. The van der Waals surface area contributed by atoms with Gasteiger partial charge in [-0.05, 0) is 12.5 Å². The van der Waals surface area contributed by atoms with E-state index in [9.17, 15) is 9.90 Å². The fraction of sp³-hybridized carbons (Fsp3) is 0.621. The van der Waals surface area contributed by atoms with Gasteiger partial charge in [-0.25, -0.2) is 0 Å². The number of fused-ring (bicyclic) bond motifs is 1. The maximum absolute atomic E-state index is 12.7. The van der Waals surface area contributed by atoms with E-state index in [2.05, 4.69) is 12.2 Å². The van der Waals surface area contributed by atoms with Gasteiger partial charge in [-0.1, -0.05) is 115 Å². The second kappa shape index (κ2) is 17.2. The summed E-state index contributed by atoms with van der Waals surface area (Å²) in [5.41, 5.74) is 5.81. The van der Waals surface area contributed by atoms with Gasteiger partial charge in [0, 0.05) is 23.9 Å². The average Bonchev–Trinajstić information content (AvgIpc) is 2.86. The Morgan fingerprint density at radius 1 is 0.853 bits per heavy atom. The first-order valence-corrected chi connectivity index (χ1v) is 13.5. The van der Waals surface area contributed by atoms with Crippen molar-refractivity contribution in [3.63, 3.8) is 0 Å². The molecule has 0 unspecified atom stereocenters. The van der Waals surface area contributed by atoms with Gasteiger partial charge in [0.25, 0.3) is 5.91 Å². The highest BCUT2D eigenvalue weighted by atomic mass is 16.5. The fourth-order valence-corrected chi connectivity index (χ4v) is 4.40. The largest absolute Gasteiger partial charge is 0.506 e. The van der Waals surface area contributed by atoms with Crippen molar-refractivity contribution in [3.8, 4) is 11.5 Å². The Hall–Kier alpha value is -2.27. The number of nitrogens with two attached hydrogens (primary N) is 1. The SMILES string of the molecule is CCCCCCCCCCCCCCCCNC(=O)c1cc(OCCN)c2ccccc2c1O. The van der Waals surface area contributed by atoms with Crippen LogP contribution in [0.5, 0.6) is 11.5 Å². The van der Waals surface area contributed by atoms with Gasteiger partial charge in [-0.2, -0.15) is 0 Å². The van der Waals surface area contributed by atoms with Gasteiger partial charge < -0.3 is 20.9 Å². The number of rotatable bonds is 19. The number of hydrogen-bond acceptors (Lipinski definition) is 4. The lowest BCUT2D eigenvalue weighted by atomic mass is 10.0. The summed E-state index contributed by atoms with van der Waals surface area (Å²) >= 11 is 0. The molecule has 0 heterocycles. The molecular formula is C29H46N2O3. The van der Waals surface area contributed by atoms with Crippen LogP contribution in [-0.2, 0) is 0 Å². The van der Waals surface area contributed by atoms with E-state index in [0.717, 1.165) is 18.2 Å². The number of ether oxygens (including phenoxy) is 1. The first-order chi connectivity index (χ1) is 16.7. The summed E-state index contributed by atoms with van der Waals surface area (Å²) in [4.78, 5) is 12.7. The van der Waals surface area contributed by atoms with Gasteiger partial charge in [0.1, 0.15) is 18.1 Å². The van der Waals surface area contributed by atoms with E-state index in [1.54, 1.807) is 12.1 Å². The van der Waals surface area contributed by atoms with Gasteiger partial charge in [0.2, 0.25) is 0 Å². The molecule has 2 aromatic carbocycles. The Morgan fingerprint density at radius 2 is 1.38 bits per heavy atom. The lowest BCUT2D eigenvalue weighted by Gasteiger charge is -2.14. The number of carbonyl (C=O) groups excluding carboxylic acids is 1. The number of unbranched alkanes of at least 4 members (excludes halogenated alkanes) is 13. The molecule has 0 radical (unpaired) electrons. The summed E-state index contributed by atoms with van der Waals surface area (Å²) < 4.78 is 5.73. The zero-order chi connectivity index (χ0) is 24.4. The third-order valence-corrected chi connectivity index (χ3v) is 6.41. The number of amides is 1. The predicted molar refractivity (Wildman–Crippen MR) is 143 cm³/mol. The van der Waals surface area contributed by atoms with Crippen LogP contribution in [0.4, 0.5) is 0 Å². The van der Waals surface area contributed by atoms with Crippen molar-refractivity contribution in [3.05, 3.63) is 35.9 Å². The smallest absolute Gasteiger partial charge is 0.255 e. The minimum absolute atomic E-state index is 0.00541. The third-order valence-electron chi connectivity index (χ3n) is 6.41. The lowest BCUT2D eigenvalue weighted by Crippen LogP contribution is -2.24. The number of benzene rings is 2. The highest BCUT2D eigenvalue weighted by Crippen LogP contribution is 2.36. The minimum Gasteiger partial charge on any atom is -0.506 e. The molecule has 0 aliphatic rings. The molecule has 34 heavy (non-hydrogen) atoms. The number of phenolic OH excluding ortho intramolecular Hbond substituents is 1. The van der Waals surface area contributed by atoms with Gasteiger partial charge in [-0.3, -0.25) is 4.79 Å². The number of phenols is 1. The van der Waals surface area contributed by atoms with Crippen LogP contribution in [0.1, 0.15) is 107 Å². The van der Waals surface area contributed by atoms with Crippen LogP contribution in [0.15, 0.2) is 30.3 Å². The quantitative estimate of drug-likeness (QED) is 0.191. The molecule has 0 fully saturated rings. The molecule has 0 saturated heterocycles.